The maximum Gasteiger partial charge on any atom is 0.469 e. The van der Waals surface area contributed by atoms with Gasteiger partial charge in [0.05, 0.1) is 6.61 Å². The maximum absolute atomic E-state index is 10.9. The van der Waals surface area contributed by atoms with E-state index in [1.54, 1.807) is 0 Å². The minimum atomic E-state index is -4.47. The van der Waals surface area contributed by atoms with E-state index in [2.05, 4.69) is 71.2 Å². The number of fused-ring (bicyclic) bond motifs is 1. The van der Waals surface area contributed by atoms with Crippen LogP contribution in [-0.4, -0.2) is 9.79 Å². The molecule has 3 rings (SSSR count). The zero-order valence-electron chi connectivity index (χ0n) is 21.1. The van der Waals surface area contributed by atoms with Crippen LogP contribution in [0.3, 0.4) is 0 Å². The quantitative estimate of drug-likeness (QED) is 0.327. The Labute approximate surface area is 199 Å². The van der Waals surface area contributed by atoms with Gasteiger partial charge in [0.2, 0.25) is 0 Å². The van der Waals surface area contributed by atoms with Gasteiger partial charge < -0.3 is 9.79 Å². The van der Waals surface area contributed by atoms with Crippen molar-refractivity contribution in [3.05, 3.63) is 69.8 Å². The molecule has 0 aromatic heterocycles. The molecule has 1 aliphatic carbocycles. The van der Waals surface area contributed by atoms with Crippen LogP contribution in [-0.2, 0) is 32.9 Å². The smallest absolute Gasteiger partial charge is 0.303 e. The monoisotopic (exact) mass is 470 g/mol. The predicted octanol–water partition coefficient (Wildman–Crippen LogP) is 7.40. The van der Waals surface area contributed by atoms with Gasteiger partial charge in [0, 0.05) is 0 Å². The van der Waals surface area contributed by atoms with Crippen LogP contribution >= 0.6 is 7.82 Å². The largest absolute Gasteiger partial charge is 0.469 e. The number of rotatable bonds is 7. The number of benzene rings is 2. The first-order valence-corrected chi connectivity index (χ1v) is 13.4. The van der Waals surface area contributed by atoms with E-state index in [0.29, 0.717) is 5.92 Å². The number of hydrogen-bond acceptors (Lipinski definition) is 2. The minimum Gasteiger partial charge on any atom is -0.303 e. The highest BCUT2D eigenvalue weighted by molar-refractivity contribution is 7.46. The van der Waals surface area contributed by atoms with Gasteiger partial charge in [-0.15, -0.1) is 0 Å². The molecule has 4 nitrogen and oxygen atoms in total. The maximum atomic E-state index is 10.9. The molecule has 0 radical (unpaired) electrons. The molecular formula is C28H39O4P. The number of hydrogen-bond donors (Lipinski definition) is 2. The molecule has 0 heterocycles. The summed E-state index contributed by atoms with van der Waals surface area (Å²) in [5.41, 5.74) is 9.07. The molecule has 33 heavy (non-hydrogen) atoms. The minimum absolute atomic E-state index is 0.110. The predicted molar refractivity (Wildman–Crippen MR) is 137 cm³/mol. The lowest BCUT2D eigenvalue weighted by Gasteiger charge is -2.42. The van der Waals surface area contributed by atoms with Crippen molar-refractivity contribution in [3.8, 4) is 0 Å². The Morgan fingerprint density at radius 2 is 1.58 bits per heavy atom. The number of phosphoric acid groups is 1. The Morgan fingerprint density at radius 3 is 2.09 bits per heavy atom. The van der Waals surface area contributed by atoms with Gasteiger partial charge in [-0.25, -0.2) is 4.57 Å². The van der Waals surface area contributed by atoms with Crippen molar-refractivity contribution in [3.63, 3.8) is 0 Å². The second-order valence-corrected chi connectivity index (χ2v) is 12.5. The van der Waals surface area contributed by atoms with Crippen molar-refractivity contribution >= 4 is 19.5 Å². The van der Waals surface area contributed by atoms with Crippen molar-refractivity contribution in [1.82, 2.24) is 0 Å². The zero-order valence-corrected chi connectivity index (χ0v) is 22.0. The van der Waals surface area contributed by atoms with Crippen LogP contribution < -0.4 is 0 Å². The molecule has 0 amide bonds. The molecule has 0 fully saturated rings. The van der Waals surface area contributed by atoms with E-state index in [1.807, 2.05) is 24.3 Å². The normalized spacial score (nSPS) is 17.8. The summed E-state index contributed by atoms with van der Waals surface area (Å²) in [4.78, 5) is 17.8. The lowest BCUT2D eigenvalue weighted by molar-refractivity contribution is 0.189. The summed E-state index contributed by atoms with van der Waals surface area (Å²) in [6.07, 6.45) is 5.64. The first-order valence-electron chi connectivity index (χ1n) is 11.8. The molecule has 0 saturated carbocycles. The first-order chi connectivity index (χ1) is 15.2. The van der Waals surface area contributed by atoms with Crippen LogP contribution in [0.2, 0.25) is 0 Å². The molecule has 2 aromatic rings. The fourth-order valence-electron chi connectivity index (χ4n) is 4.83. The third-order valence-corrected chi connectivity index (χ3v) is 7.36. The van der Waals surface area contributed by atoms with Crippen LogP contribution in [0.25, 0.3) is 11.6 Å². The average Bonchev–Trinajstić information content (AvgIpc) is 2.69. The summed E-state index contributed by atoms with van der Waals surface area (Å²) >= 11 is 0. The highest BCUT2D eigenvalue weighted by atomic mass is 31.2. The van der Waals surface area contributed by atoms with Gasteiger partial charge in [-0.3, -0.25) is 4.52 Å². The van der Waals surface area contributed by atoms with E-state index in [9.17, 15) is 4.57 Å². The first kappa shape index (κ1) is 25.9. The molecular weight excluding hydrogens is 431 g/mol. The van der Waals surface area contributed by atoms with Gasteiger partial charge in [0.25, 0.3) is 0 Å². The van der Waals surface area contributed by atoms with Gasteiger partial charge >= 0.3 is 7.82 Å². The van der Waals surface area contributed by atoms with Gasteiger partial charge in [0.1, 0.15) is 0 Å². The fraction of sp³-hybridized carbons (Fsp3) is 0.500. The van der Waals surface area contributed by atoms with Crippen LogP contribution in [0, 0.1) is 5.92 Å². The van der Waals surface area contributed by atoms with Crippen LogP contribution in [0.15, 0.2) is 36.4 Å². The Kier molecular flexibility index (Phi) is 7.46. The third-order valence-electron chi connectivity index (χ3n) is 6.89. The third kappa shape index (κ3) is 6.45. The zero-order chi connectivity index (χ0) is 24.6. The molecule has 5 heteroatoms. The SMILES string of the molecule is CC(=Cc1ccc(COP(=O)(O)O)cc1)c1cc2c(cc1CC(C)C)C(C)(C)CCC2(C)C. The van der Waals surface area contributed by atoms with Gasteiger partial charge in [-0.1, -0.05) is 84.0 Å². The second kappa shape index (κ2) is 9.50. The summed E-state index contributed by atoms with van der Waals surface area (Å²) in [7, 11) is -4.47. The van der Waals surface area contributed by atoms with E-state index in [4.69, 9.17) is 9.79 Å². The molecule has 0 saturated heterocycles. The highest BCUT2D eigenvalue weighted by Crippen LogP contribution is 2.47. The van der Waals surface area contributed by atoms with Crippen molar-refractivity contribution in [2.75, 3.05) is 0 Å². The molecule has 0 spiro atoms. The Hall–Kier alpha value is -1.71. The van der Waals surface area contributed by atoms with E-state index in [0.717, 1.165) is 17.5 Å². The standard InChI is InChI=1S/C28H39O4P/c1-19(2)14-23-16-25-26(28(6,7)13-12-27(25,4)5)17-24(23)20(3)15-21-8-10-22(11-9-21)18-32-33(29,30)31/h8-11,15-17,19H,12-14,18H2,1-7H3,(H2,29,30,31). The molecule has 2 N–H and O–H groups in total. The molecule has 1 aliphatic rings. The van der Waals surface area contributed by atoms with Crippen LogP contribution in [0.1, 0.15) is 94.7 Å². The Morgan fingerprint density at radius 1 is 1.03 bits per heavy atom. The van der Waals surface area contributed by atoms with Crippen LogP contribution in [0.5, 0.6) is 0 Å². The van der Waals surface area contributed by atoms with Crippen molar-refractivity contribution in [2.45, 2.75) is 85.2 Å². The summed E-state index contributed by atoms with van der Waals surface area (Å²) in [6.45, 7) is 16.1. The Bertz CT molecular complexity index is 1070. The molecule has 2 aromatic carbocycles. The number of allylic oxidation sites excluding steroid dienone is 1. The van der Waals surface area contributed by atoms with Crippen molar-refractivity contribution in [1.29, 1.82) is 0 Å². The van der Waals surface area contributed by atoms with Gasteiger partial charge in [-0.2, -0.15) is 0 Å². The van der Waals surface area contributed by atoms with Crippen LogP contribution in [0.4, 0.5) is 0 Å². The fourth-order valence-corrected chi connectivity index (χ4v) is 5.15. The molecule has 180 valence electrons. The van der Waals surface area contributed by atoms with Crippen molar-refractivity contribution < 1.29 is 18.9 Å². The topological polar surface area (TPSA) is 66.8 Å². The summed E-state index contributed by atoms with van der Waals surface area (Å²) in [5, 5.41) is 0. The molecule has 0 atom stereocenters. The van der Waals surface area contributed by atoms with E-state index < -0.39 is 7.82 Å². The Balaban J connectivity index is 2.00. The lowest BCUT2D eigenvalue weighted by atomic mass is 9.62. The summed E-state index contributed by atoms with van der Waals surface area (Å²) in [6, 6.07) is 12.6. The summed E-state index contributed by atoms with van der Waals surface area (Å²) in [5.74, 6) is 0.572. The second-order valence-electron chi connectivity index (χ2n) is 11.3. The highest BCUT2D eigenvalue weighted by Gasteiger charge is 2.37. The van der Waals surface area contributed by atoms with E-state index in [-0.39, 0.29) is 17.4 Å². The average molecular weight is 471 g/mol. The van der Waals surface area contributed by atoms with Crippen molar-refractivity contribution in [2.24, 2.45) is 5.92 Å². The molecule has 0 aliphatic heterocycles. The summed E-state index contributed by atoms with van der Waals surface area (Å²) < 4.78 is 15.5. The number of phosphoric ester groups is 1. The molecule has 0 unspecified atom stereocenters. The lowest BCUT2D eigenvalue weighted by Crippen LogP contribution is -2.34. The van der Waals surface area contributed by atoms with Gasteiger partial charge in [0.15, 0.2) is 0 Å². The molecule has 0 bridgehead atoms. The van der Waals surface area contributed by atoms with E-state index >= 15 is 0 Å². The van der Waals surface area contributed by atoms with Gasteiger partial charge in [-0.05, 0) is 81.9 Å². The van der Waals surface area contributed by atoms with E-state index in [1.165, 1.54) is 40.7 Å².